The highest BCUT2D eigenvalue weighted by atomic mass is 35.5. The Bertz CT molecular complexity index is 6710. The third kappa shape index (κ3) is 17.8. The molecular weight excluding hydrogens is 1580 g/mol. The number of benzene rings is 13. The van der Waals surface area contributed by atoms with Crippen molar-refractivity contribution in [3.63, 3.8) is 0 Å². The number of Topliss-reactive ketones (excluding diaryl/α,β-unsaturated/α-hetero) is 1. The second kappa shape index (κ2) is 37.0. The number of ketones is 6. The SMILES string of the molecule is CC(C)c1ccc2sc3ccccc3c(=O)c2c1.CC1CC(=O)c2cc(Cl)ccc2S1.CCc1cc(CC)c2sc3ccccc3c(=O)c2c1.CCc1ccc2c(c1)C(=O)c1ccccc1C2=O.O=C(c1ccccc1)c1ccccc1.O=C1c2ccccc2C(=O)c2c(Cl)cccc21.O=c1c2ccccc2sc2c(Cl)ccc(O)c12. The van der Waals surface area contributed by atoms with Crippen molar-refractivity contribution in [2.75, 3.05) is 0 Å². The minimum atomic E-state index is -0.180. The first kappa shape index (κ1) is 82.5. The van der Waals surface area contributed by atoms with Crippen molar-refractivity contribution in [3.05, 3.63) is 408 Å². The van der Waals surface area contributed by atoms with E-state index >= 15 is 0 Å². The molecule has 3 aliphatic rings. The van der Waals surface area contributed by atoms with E-state index in [4.69, 9.17) is 34.8 Å². The van der Waals surface area contributed by atoms with Gasteiger partial charge in [0.25, 0.3) is 0 Å². The lowest BCUT2D eigenvalue weighted by Crippen LogP contribution is -2.21. The lowest BCUT2D eigenvalue weighted by molar-refractivity contribution is 0.0975. The van der Waals surface area contributed by atoms with Crippen molar-refractivity contribution in [1.29, 1.82) is 0 Å². The summed E-state index contributed by atoms with van der Waals surface area (Å²) < 4.78 is 5.88. The van der Waals surface area contributed by atoms with E-state index in [1.807, 2.05) is 165 Å². The van der Waals surface area contributed by atoms with Crippen molar-refractivity contribution >= 4 is 176 Å². The Kier molecular flexibility index (Phi) is 26.3. The molecule has 16 aromatic rings. The summed E-state index contributed by atoms with van der Waals surface area (Å²) in [6.07, 6.45) is 3.42. The summed E-state index contributed by atoms with van der Waals surface area (Å²) in [7, 11) is 0. The summed E-state index contributed by atoms with van der Waals surface area (Å²) in [4.78, 5) is 111. The average Bonchev–Trinajstić information content (AvgIpc) is 0.783. The van der Waals surface area contributed by atoms with Gasteiger partial charge in [0.15, 0.2) is 51.0 Å². The van der Waals surface area contributed by atoms with Gasteiger partial charge in [0, 0.05) is 128 Å². The number of phenolic OH excluding ortho intramolecular Hbond substituents is 1. The Balaban J connectivity index is 0.000000118. The molecule has 19 rings (SSSR count). The zero-order chi connectivity index (χ0) is 82.0. The molecular formula is C99H75Cl3O10S4. The molecule has 0 saturated carbocycles. The Morgan fingerprint density at radius 2 is 0.888 bits per heavy atom. The van der Waals surface area contributed by atoms with Crippen molar-refractivity contribution < 1.29 is 33.9 Å². The van der Waals surface area contributed by atoms with E-state index < -0.39 is 0 Å². The quantitative estimate of drug-likeness (QED) is 0.124. The lowest BCUT2D eigenvalue weighted by Gasteiger charge is -2.19. The maximum atomic E-state index is 12.6. The number of fused-ring (bicyclic) bond motifs is 11. The molecule has 0 saturated heterocycles. The predicted octanol–water partition coefficient (Wildman–Crippen LogP) is 25.3. The summed E-state index contributed by atoms with van der Waals surface area (Å²) >= 11 is 24.5. The number of thioether (sulfide) groups is 1. The minimum absolute atomic E-state index is 0.0172. The van der Waals surface area contributed by atoms with Crippen LogP contribution in [-0.4, -0.2) is 45.1 Å². The molecule has 1 aliphatic heterocycles. The standard InChI is InChI=1S/C17H16OS.C16H12O2.C16H14OS.C14H7ClO2.C13H7ClO2S.C13H10O.C10H9ClOS/c1-3-11-9-12(4-2)17-14(10-11)16(18)13-7-5-6-8-15(13)19-17;1-2-10-7-8-13-14(9-10)16(18)12-6-4-3-5-11(12)15(13)17;1-10(2)11-7-8-15-13(9-11)16(17)12-5-3-4-6-14(12)18-15;15-11-7-3-6-10-12(11)14(17)9-5-2-1-4-8(9)13(10)16;14-8-5-6-9(15)11-12(16)7-3-1-2-4-10(7)17-13(8)11;14-13(11-7-3-1-4-8-11)12-9-5-2-6-10-12;1-6-4-9(12)8-5-7(11)2-3-10(8)13-6/h5-10H,3-4H2,1-2H3;3-9H,2H2,1H3;3-10H,1-2H3;1-7H;1-6,15H;1-10H;2-3,5-6H,4H2,1H3. The van der Waals surface area contributed by atoms with E-state index in [1.54, 1.807) is 125 Å². The van der Waals surface area contributed by atoms with Gasteiger partial charge in [-0.2, -0.15) is 0 Å². The van der Waals surface area contributed by atoms with Crippen molar-refractivity contribution in [2.24, 2.45) is 0 Å². The fourth-order valence-corrected chi connectivity index (χ4v) is 19.0. The van der Waals surface area contributed by atoms with Gasteiger partial charge >= 0.3 is 0 Å². The zero-order valence-corrected chi connectivity index (χ0v) is 69.5. The number of carbonyl (C=O) groups excluding carboxylic acids is 6. The van der Waals surface area contributed by atoms with Gasteiger partial charge < -0.3 is 5.11 Å². The number of aryl methyl sites for hydroxylation is 3. The third-order valence-corrected chi connectivity index (χ3v) is 25.7. The Morgan fingerprint density at radius 1 is 0.397 bits per heavy atom. The van der Waals surface area contributed by atoms with Gasteiger partial charge in [0.1, 0.15) is 5.75 Å². The van der Waals surface area contributed by atoms with E-state index in [0.717, 1.165) is 91.5 Å². The van der Waals surface area contributed by atoms with E-state index in [1.165, 1.54) is 34.1 Å². The van der Waals surface area contributed by atoms with Crippen LogP contribution in [0.4, 0.5) is 0 Å². The fourth-order valence-electron chi connectivity index (χ4n) is 13.8. The molecule has 0 spiro atoms. The molecule has 2 aliphatic carbocycles. The lowest BCUT2D eigenvalue weighted by atomic mass is 9.83. The topological polar surface area (TPSA) is 174 Å². The van der Waals surface area contributed by atoms with Crippen LogP contribution in [0.25, 0.3) is 60.5 Å². The van der Waals surface area contributed by atoms with Gasteiger partial charge in [-0.3, -0.25) is 43.2 Å². The van der Waals surface area contributed by atoms with Crippen molar-refractivity contribution in [1.82, 2.24) is 0 Å². The monoisotopic (exact) mass is 1660 g/mol. The second-order valence-corrected chi connectivity index (χ2v) is 33.8. The van der Waals surface area contributed by atoms with Gasteiger partial charge in [-0.05, 0) is 144 Å². The summed E-state index contributed by atoms with van der Waals surface area (Å²) in [5.74, 6) is 0.300. The molecule has 0 fully saturated rings. The molecule has 1 unspecified atom stereocenters. The highest BCUT2D eigenvalue weighted by Gasteiger charge is 2.32. The second-order valence-electron chi connectivity index (χ2n) is 27.9. The van der Waals surface area contributed by atoms with Crippen LogP contribution < -0.4 is 16.3 Å². The van der Waals surface area contributed by atoms with Gasteiger partial charge in [0.2, 0.25) is 0 Å². The van der Waals surface area contributed by atoms with Crippen LogP contribution in [0, 0.1) is 0 Å². The molecule has 17 heteroatoms. The van der Waals surface area contributed by atoms with Crippen LogP contribution in [0.2, 0.25) is 15.1 Å². The molecule has 10 nitrogen and oxygen atoms in total. The zero-order valence-electron chi connectivity index (χ0n) is 63.9. The summed E-state index contributed by atoms with van der Waals surface area (Å²) in [6, 6.07) is 85.1. The van der Waals surface area contributed by atoms with E-state index in [2.05, 4.69) is 58.9 Å². The number of hydrogen-bond acceptors (Lipinski definition) is 14. The number of rotatable bonds is 6. The summed E-state index contributed by atoms with van der Waals surface area (Å²) in [5.41, 5.74) is 10.9. The molecule has 576 valence electrons. The van der Waals surface area contributed by atoms with Crippen LogP contribution in [0.3, 0.4) is 0 Å². The molecule has 0 radical (unpaired) electrons. The average molecular weight is 1660 g/mol. The number of carbonyl (C=O) groups is 6. The number of phenols is 1. The largest absolute Gasteiger partial charge is 0.507 e. The highest BCUT2D eigenvalue weighted by Crippen LogP contribution is 2.39. The molecule has 4 heterocycles. The van der Waals surface area contributed by atoms with Gasteiger partial charge in [-0.25, -0.2) is 0 Å². The molecule has 3 aromatic heterocycles. The van der Waals surface area contributed by atoms with E-state index in [9.17, 15) is 48.3 Å². The van der Waals surface area contributed by atoms with Crippen LogP contribution in [-0.2, 0) is 19.3 Å². The maximum absolute atomic E-state index is 12.6. The minimum Gasteiger partial charge on any atom is -0.507 e. The summed E-state index contributed by atoms with van der Waals surface area (Å²) in [5, 5.41) is 16.0. The van der Waals surface area contributed by atoms with E-state index in [-0.39, 0.29) is 56.7 Å². The number of halogens is 3. The van der Waals surface area contributed by atoms with E-state index in [0.29, 0.717) is 92.6 Å². The van der Waals surface area contributed by atoms with Crippen LogP contribution in [0.5, 0.6) is 5.75 Å². The first-order chi connectivity index (χ1) is 56.0. The van der Waals surface area contributed by atoms with Crippen LogP contribution in [0.1, 0.15) is 166 Å². The van der Waals surface area contributed by atoms with Gasteiger partial charge in [-0.1, -0.05) is 258 Å². The van der Waals surface area contributed by atoms with Gasteiger partial charge in [-0.15, -0.1) is 45.8 Å². The van der Waals surface area contributed by atoms with Crippen LogP contribution >= 0.6 is 80.6 Å². The molecule has 0 bridgehead atoms. The van der Waals surface area contributed by atoms with Crippen LogP contribution in [0.15, 0.2) is 298 Å². The molecule has 13 aromatic carbocycles. The van der Waals surface area contributed by atoms with Crippen molar-refractivity contribution in [2.45, 2.75) is 83.3 Å². The van der Waals surface area contributed by atoms with Gasteiger partial charge in [0.05, 0.1) is 25.7 Å². The summed E-state index contributed by atoms with van der Waals surface area (Å²) in [6.45, 7) is 12.7. The first-order valence-corrected chi connectivity index (χ1v) is 42.2. The maximum Gasteiger partial charge on any atom is 0.199 e. The highest BCUT2D eigenvalue weighted by molar-refractivity contribution is 8.00. The first-order valence-electron chi connectivity index (χ1n) is 37.7. The smallest absolute Gasteiger partial charge is 0.199 e. The predicted molar refractivity (Wildman–Crippen MR) is 482 cm³/mol. The Labute approximate surface area is 701 Å². The van der Waals surface area contributed by atoms with Crippen molar-refractivity contribution in [3.8, 4) is 5.75 Å². The molecule has 1 atom stereocenters. The Morgan fingerprint density at radius 3 is 1.47 bits per heavy atom. The number of hydrogen-bond donors (Lipinski definition) is 1. The fraction of sp³-hybridized carbons (Fsp3) is 0.121. The molecule has 0 amide bonds. The normalized spacial score (nSPS) is 12.8. The third-order valence-electron chi connectivity index (χ3n) is 19.9. The Hall–Kier alpha value is -11.4. The number of aromatic hydroxyl groups is 1. The molecule has 116 heavy (non-hydrogen) atoms. The molecule has 1 N–H and O–H groups in total.